The summed E-state index contributed by atoms with van der Waals surface area (Å²) in [7, 11) is 1.94. The molecule has 0 saturated carbocycles. The first-order valence-corrected chi connectivity index (χ1v) is 5.87. The summed E-state index contributed by atoms with van der Waals surface area (Å²) in [6.45, 7) is 11.6. The van der Waals surface area contributed by atoms with Crippen LogP contribution < -0.4 is 5.32 Å². The average Bonchev–Trinajstić information content (AvgIpc) is 2.16. The summed E-state index contributed by atoms with van der Waals surface area (Å²) in [5, 5.41) is 3.14. The van der Waals surface area contributed by atoms with Gasteiger partial charge in [-0.2, -0.15) is 0 Å². The summed E-state index contributed by atoms with van der Waals surface area (Å²) in [5.41, 5.74) is 2.28. The van der Waals surface area contributed by atoms with E-state index in [0.29, 0.717) is 5.92 Å². The summed E-state index contributed by atoms with van der Waals surface area (Å²) < 4.78 is 0. The van der Waals surface area contributed by atoms with Gasteiger partial charge in [-0.15, -0.1) is 0 Å². The van der Waals surface area contributed by atoms with Crippen molar-refractivity contribution in [2.24, 2.45) is 0 Å². The van der Waals surface area contributed by atoms with E-state index in [4.69, 9.17) is 0 Å². The van der Waals surface area contributed by atoms with E-state index in [1.807, 2.05) is 7.05 Å². The van der Waals surface area contributed by atoms with Crippen molar-refractivity contribution in [3.05, 3.63) is 23.3 Å². The molecule has 16 heavy (non-hydrogen) atoms. The molecule has 1 N–H and O–H groups in total. The maximum absolute atomic E-state index is 4.65. The van der Waals surface area contributed by atoms with E-state index < -0.39 is 0 Å². The molecule has 3 nitrogen and oxygen atoms in total. The summed E-state index contributed by atoms with van der Waals surface area (Å²) in [6.07, 6.45) is 0. The number of hydrogen-bond donors (Lipinski definition) is 1. The minimum Gasteiger partial charge on any atom is -0.314 e. The van der Waals surface area contributed by atoms with E-state index in [1.165, 1.54) is 0 Å². The zero-order valence-corrected chi connectivity index (χ0v) is 11.3. The SMILES string of the molecule is CNCc1cc(C(C)(C)C)nc(C(C)C)n1. The lowest BCUT2D eigenvalue weighted by Gasteiger charge is -2.20. The molecule has 0 atom stereocenters. The Balaban J connectivity index is 3.19. The van der Waals surface area contributed by atoms with Crippen LogP contribution in [0.5, 0.6) is 0 Å². The van der Waals surface area contributed by atoms with Gasteiger partial charge in [0.2, 0.25) is 0 Å². The van der Waals surface area contributed by atoms with Gasteiger partial charge < -0.3 is 5.32 Å². The van der Waals surface area contributed by atoms with Crippen LogP contribution in [0.4, 0.5) is 0 Å². The van der Waals surface area contributed by atoms with E-state index in [2.05, 4.69) is 56.0 Å². The zero-order valence-electron chi connectivity index (χ0n) is 11.3. The van der Waals surface area contributed by atoms with E-state index in [1.54, 1.807) is 0 Å². The molecule has 0 amide bonds. The van der Waals surface area contributed by atoms with Crippen molar-refractivity contribution in [1.29, 1.82) is 0 Å². The van der Waals surface area contributed by atoms with Gasteiger partial charge in [0.1, 0.15) is 5.82 Å². The van der Waals surface area contributed by atoms with Crippen molar-refractivity contribution in [3.63, 3.8) is 0 Å². The highest BCUT2D eigenvalue weighted by atomic mass is 14.9. The molecule has 0 saturated heterocycles. The first-order chi connectivity index (χ1) is 7.34. The fourth-order valence-electron chi connectivity index (χ4n) is 1.43. The Kier molecular flexibility index (Phi) is 4.03. The fourth-order valence-corrected chi connectivity index (χ4v) is 1.43. The predicted molar refractivity (Wildman–Crippen MR) is 67.6 cm³/mol. The van der Waals surface area contributed by atoms with Gasteiger partial charge in [-0.3, -0.25) is 0 Å². The molecule has 1 heterocycles. The molecule has 1 rings (SSSR count). The lowest BCUT2D eigenvalue weighted by atomic mass is 9.91. The van der Waals surface area contributed by atoms with Crippen LogP contribution in [0.25, 0.3) is 0 Å². The molecular weight excluding hydrogens is 198 g/mol. The minimum atomic E-state index is 0.0784. The van der Waals surface area contributed by atoms with Crippen molar-refractivity contribution in [2.45, 2.75) is 52.5 Å². The summed E-state index contributed by atoms with van der Waals surface area (Å²) >= 11 is 0. The third-order valence-corrected chi connectivity index (χ3v) is 2.44. The van der Waals surface area contributed by atoms with Gasteiger partial charge in [0.15, 0.2) is 0 Å². The van der Waals surface area contributed by atoms with Gasteiger partial charge in [-0.05, 0) is 13.1 Å². The number of aromatic nitrogens is 2. The molecule has 3 heteroatoms. The second kappa shape index (κ2) is 4.91. The lowest BCUT2D eigenvalue weighted by Crippen LogP contribution is -2.18. The quantitative estimate of drug-likeness (QED) is 0.852. The van der Waals surface area contributed by atoms with Crippen molar-refractivity contribution in [2.75, 3.05) is 7.05 Å². The molecule has 90 valence electrons. The highest BCUT2D eigenvalue weighted by Crippen LogP contribution is 2.22. The molecule has 0 aromatic carbocycles. The molecule has 1 aromatic heterocycles. The van der Waals surface area contributed by atoms with Gasteiger partial charge in [-0.25, -0.2) is 9.97 Å². The molecule has 0 aliphatic heterocycles. The Labute approximate surface area is 98.7 Å². The van der Waals surface area contributed by atoms with Crippen LogP contribution in [0.15, 0.2) is 6.07 Å². The molecule has 0 spiro atoms. The zero-order chi connectivity index (χ0) is 12.3. The molecule has 0 aliphatic rings. The largest absolute Gasteiger partial charge is 0.314 e. The standard InChI is InChI=1S/C13H23N3/c1-9(2)12-15-10(8-14-6)7-11(16-12)13(3,4)5/h7,9,14H,8H2,1-6H3. The van der Waals surface area contributed by atoms with E-state index in [9.17, 15) is 0 Å². The summed E-state index contributed by atoms with van der Waals surface area (Å²) in [6, 6.07) is 2.10. The van der Waals surface area contributed by atoms with Crippen LogP contribution in [-0.4, -0.2) is 17.0 Å². The highest BCUT2D eigenvalue weighted by molar-refractivity contribution is 5.19. The Morgan fingerprint density at radius 2 is 1.88 bits per heavy atom. The third-order valence-electron chi connectivity index (χ3n) is 2.44. The van der Waals surface area contributed by atoms with Gasteiger partial charge in [0.25, 0.3) is 0 Å². The molecule has 0 bridgehead atoms. The number of nitrogens with one attached hydrogen (secondary N) is 1. The number of nitrogens with zero attached hydrogens (tertiary/aromatic N) is 2. The average molecular weight is 221 g/mol. The van der Waals surface area contributed by atoms with Gasteiger partial charge in [0, 0.05) is 23.6 Å². The smallest absolute Gasteiger partial charge is 0.131 e. The molecular formula is C13H23N3. The molecule has 0 radical (unpaired) electrons. The monoisotopic (exact) mass is 221 g/mol. The maximum atomic E-state index is 4.65. The van der Waals surface area contributed by atoms with E-state index in [0.717, 1.165) is 23.8 Å². The fraction of sp³-hybridized carbons (Fsp3) is 0.692. The second-order valence-electron chi connectivity index (χ2n) is 5.54. The van der Waals surface area contributed by atoms with Crippen LogP contribution >= 0.6 is 0 Å². The summed E-state index contributed by atoms with van der Waals surface area (Å²) in [5.74, 6) is 1.32. The van der Waals surface area contributed by atoms with Crippen LogP contribution in [0.2, 0.25) is 0 Å². The Morgan fingerprint density at radius 1 is 1.25 bits per heavy atom. The Hall–Kier alpha value is -0.960. The second-order valence-corrected chi connectivity index (χ2v) is 5.54. The lowest BCUT2D eigenvalue weighted by molar-refractivity contribution is 0.553. The predicted octanol–water partition coefficient (Wildman–Crippen LogP) is 2.62. The third kappa shape index (κ3) is 3.27. The van der Waals surface area contributed by atoms with E-state index >= 15 is 0 Å². The van der Waals surface area contributed by atoms with Crippen LogP contribution in [0.1, 0.15) is 57.7 Å². The van der Waals surface area contributed by atoms with Gasteiger partial charge >= 0.3 is 0 Å². The first-order valence-electron chi connectivity index (χ1n) is 5.87. The number of hydrogen-bond acceptors (Lipinski definition) is 3. The van der Waals surface area contributed by atoms with Crippen molar-refractivity contribution >= 4 is 0 Å². The van der Waals surface area contributed by atoms with Crippen LogP contribution in [0, 0.1) is 0 Å². The van der Waals surface area contributed by atoms with E-state index in [-0.39, 0.29) is 5.41 Å². The molecule has 0 fully saturated rings. The maximum Gasteiger partial charge on any atom is 0.131 e. The Morgan fingerprint density at radius 3 is 2.31 bits per heavy atom. The Bertz CT molecular complexity index is 351. The molecule has 1 aromatic rings. The van der Waals surface area contributed by atoms with Crippen molar-refractivity contribution < 1.29 is 0 Å². The van der Waals surface area contributed by atoms with Gasteiger partial charge in [-0.1, -0.05) is 34.6 Å². The first kappa shape index (κ1) is 13.1. The van der Waals surface area contributed by atoms with Crippen molar-refractivity contribution in [3.8, 4) is 0 Å². The normalized spacial score (nSPS) is 12.2. The van der Waals surface area contributed by atoms with Gasteiger partial charge in [0.05, 0.1) is 5.69 Å². The molecule has 0 aliphatic carbocycles. The highest BCUT2D eigenvalue weighted by Gasteiger charge is 2.18. The van der Waals surface area contributed by atoms with Crippen LogP contribution in [0.3, 0.4) is 0 Å². The summed E-state index contributed by atoms with van der Waals surface area (Å²) in [4.78, 5) is 9.21. The van der Waals surface area contributed by atoms with Crippen LogP contribution in [-0.2, 0) is 12.0 Å². The minimum absolute atomic E-state index is 0.0784. The number of rotatable bonds is 3. The van der Waals surface area contributed by atoms with Crippen molar-refractivity contribution in [1.82, 2.24) is 15.3 Å². The topological polar surface area (TPSA) is 37.8 Å². The molecule has 0 unspecified atom stereocenters.